The quantitative estimate of drug-likeness (QED) is 0.745. The Morgan fingerprint density at radius 2 is 1.94 bits per heavy atom. The van der Waals surface area contributed by atoms with Crippen molar-refractivity contribution in [3.63, 3.8) is 0 Å². The average Bonchev–Trinajstić information content (AvgIpc) is 2.40. The molecule has 0 spiro atoms. The van der Waals surface area contributed by atoms with E-state index in [4.69, 9.17) is 0 Å². The highest BCUT2D eigenvalue weighted by molar-refractivity contribution is 5.97. The number of Topliss-reactive ketones (excluding diaryl/α,β-unsaturated/α-hetero) is 1. The molecule has 0 amide bonds. The van der Waals surface area contributed by atoms with Gasteiger partial charge in [-0.3, -0.25) is 9.78 Å². The predicted octanol–water partition coefficient (Wildman–Crippen LogP) is 2.06. The summed E-state index contributed by atoms with van der Waals surface area (Å²) in [7, 11) is 0. The first-order valence-electron chi connectivity index (χ1n) is 5.64. The summed E-state index contributed by atoms with van der Waals surface area (Å²) in [5, 5.41) is 0. The van der Waals surface area contributed by atoms with Crippen LogP contribution in [0.2, 0.25) is 0 Å². The first-order chi connectivity index (χ1) is 8.34. The lowest BCUT2D eigenvalue weighted by atomic mass is 9.96. The van der Waals surface area contributed by atoms with Crippen LogP contribution >= 0.6 is 0 Å². The lowest BCUT2D eigenvalue weighted by Crippen LogP contribution is -2.13. The molecule has 3 rings (SSSR count). The summed E-state index contributed by atoms with van der Waals surface area (Å²) >= 11 is 0. The molecule has 1 aliphatic rings. The van der Waals surface area contributed by atoms with Crippen molar-refractivity contribution in [2.24, 2.45) is 0 Å². The molecule has 0 saturated heterocycles. The summed E-state index contributed by atoms with van der Waals surface area (Å²) < 4.78 is 0. The number of carbonyl (C=O) groups is 1. The van der Waals surface area contributed by atoms with Gasteiger partial charge in [0.05, 0.1) is 11.3 Å². The van der Waals surface area contributed by atoms with Crippen LogP contribution in [0.4, 0.5) is 0 Å². The highest BCUT2D eigenvalue weighted by Crippen LogP contribution is 2.21. The maximum atomic E-state index is 11.6. The largest absolute Gasteiger partial charge is 0.294 e. The molecule has 0 atom stereocenters. The normalized spacial score (nSPS) is 14.5. The zero-order valence-electron chi connectivity index (χ0n) is 9.26. The van der Waals surface area contributed by atoms with E-state index in [2.05, 4.69) is 15.0 Å². The monoisotopic (exact) mass is 225 g/mol. The number of carbonyl (C=O) groups excluding carboxylic acids is 1. The van der Waals surface area contributed by atoms with Gasteiger partial charge in [-0.1, -0.05) is 0 Å². The summed E-state index contributed by atoms with van der Waals surface area (Å²) in [5.41, 5.74) is 2.50. The fraction of sp³-hybridized carbons (Fsp3) is 0.231. The number of aromatic nitrogens is 3. The van der Waals surface area contributed by atoms with Gasteiger partial charge >= 0.3 is 0 Å². The highest BCUT2D eigenvalue weighted by atomic mass is 16.1. The van der Waals surface area contributed by atoms with Gasteiger partial charge in [0.15, 0.2) is 11.6 Å². The molecule has 4 heteroatoms. The number of hydrogen-bond acceptors (Lipinski definition) is 4. The van der Waals surface area contributed by atoms with Gasteiger partial charge in [0.25, 0.3) is 0 Å². The number of ketones is 1. The van der Waals surface area contributed by atoms with Gasteiger partial charge in [-0.2, -0.15) is 0 Å². The second-order valence-corrected chi connectivity index (χ2v) is 4.07. The molecule has 0 radical (unpaired) electrons. The molecule has 0 unspecified atom stereocenters. The molecule has 0 fully saturated rings. The van der Waals surface area contributed by atoms with Crippen LogP contribution in [0.25, 0.3) is 11.4 Å². The zero-order chi connectivity index (χ0) is 11.7. The number of nitrogens with zero attached hydrogens (tertiary/aromatic N) is 3. The van der Waals surface area contributed by atoms with E-state index in [9.17, 15) is 4.79 Å². The molecular weight excluding hydrogens is 214 g/mol. The fourth-order valence-electron chi connectivity index (χ4n) is 2.03. The van der Waals surface area contributed by atoms with Crippen molar-refractivity contribution < 1.29 is 4.79 Å². The van der Waals surface area contributed by atoms with Crippen LogP contribution in [0.5, 0.6) is 0 Å². The lowest BCUT2D eigenvalue weighted by Gasteiger charge is -2.13. The smallest absolute Gasteiger partial charge is 0.166 e. The van der Waals surface area contributed by atoms with Gasteiger partial charge in [-0.05, 0) is 25.0 Å². The minimum absolute atomic E-state index is 0.160. The minimum atomic E-state index is 0.160. The molecule has 1 aliphatic carbocycles. The van der Waals surface area contributed by atoms with Gasteiger partial charge in [0, 0.05) is 30.6 Å². The highest BCUT2D eigenvalue weighted by Gasteiger charge is 2.19. The molecule has 2 aromatic heterocycles. The summed E-state index contributed by atoms with van der Waals surface area (Å²) in [6.07, 6.45) is 7.44. The molecule has 0 saturated carbocycles. The van der Waals surface area contributed by atoms with E-state index in [0.717, 1.165) is 24.1 Å². The van der Waals surface area contributed by atoms with E-state index in [1.54, 1.807) is 18.6 Å². The van der Waals surface area contributed by atoms with E-state index in [0.29, 0.717) is 17.8 Å². The van der Waals surface area contributed by atoms with Crippen LogP contribution in [0.3, 0.4) is 0 Å². The Balaban J connectivity index is 2.07. The number of aryl methyl sites for hydroxylation is 1. The first-order valence-corrected chi connectivity index (χ1v) is 5.64. The van der Waals surface area contributed by atoms with Crippen LogP contribution < -0.4 is 0 Å². The Morgan fingerprint density at radius 3 is 2.76 bits per heavy atom. The fourth-order valence-corrected chi connectivity index (χ4v) is 2.03. The molecule has 84 valence electrons. The van der Waals surface area contributed by atoms with Crippen LogP contribution in [0.1, 0.15) is 28.9 Å². The summed E-state index contributed by atoms with van der Waals surface area (Å²) in [4.78, 5) is 24.3. The number of pyridine rings is 1. The van der Waals surface area contributed by atoms with Crippen molar-refractivity contribution in [3.8, 4) is 11.4 Å². The SMILES string of the molecule is O=C1CCCc2nc(-c3ccncc3)ncc21. The third kappa shape index (κ3) is 1.82. The Bertz CT molecular complexity index is 566. The van der Waals surface area contributed by atoms with Crippen LogP contribution in [-0.4, -0.2) is 20.7 Å². The summed E-state index contributed by atoms with van der Waals surface area (Å²) in [6.45, 7) is 0. The number of rotatable bonds is 1. The lowest BCUT2D eigenvalue weighted by molar-refractivity contribution is 0.0971. The Morgan fingerprint density at radius 1 is 1.12 bits per heavy atom. The molecule has 4 nitrogen and oxygen atoms in total. The van der Waals surface area contributed by atoms with Crippen molar-refractivity contribution in [2.75, 3.05) is 0 Å². The topological polar surface area (TPSA) is 55.7 Å². The standard InChI is InChI=1S/C13H11N3O/c17-12-3-1-2-11-10(12)8-15-13(16-11)9-4-6-14-7-5-9/h4-8H,1-3H2. The zero-order valence-corrected chi connectivity index (χ0v) is 9.26. The molecule has 0 aromatic carbocycles. The molecule has 2 aromatic rings. The van der Waals surface area contributed by atoms with Crippen LogP contribution in [0, 0.1) is 0 Å². The van der Waals surface area contributed by atoms with E-state index in [-0.39, 0.29) is 5.78 Å². The Labute approximate surface area is 98.8 Å². The van der Waals surface area contributed by atoms with Gasteiger partial charge in [0.2, 0.25) is 0 Å². The molecule has 2 heterocycles. The van der Waals surface area contributed by atoms with E-state index >= 15 is 0 Å². The third-order valence-corrected chi connectivity index (χ3v) is 2.92. The van der Waals surface area contributed by atoms with Gasteiger partial charge in [-0.25, -0.2) is 9.97 Å². The van der Waals surface area contributed by atoms with Gasteiger partial charge < -0.3 is 0 Å². The maximum Gasteiger partial charge on any atom is 0.166 e. The molecule has 0 bridgehead atoms. The van der Waals surface area contributed by atoms with E-state index in [1.165, 1.54) is 0 Å². The molecular formula is C13H11N3O. The average molecular weight is 225 g/mol. The van der Waals surface area contributed by atoms with E-state index < -0.39 is 0 Å². The van der Waals surface area contributed by atoms with Crippen molar-refractivity contribution >= 4 is 5.78 Å². The van der Waals surface area contributed by atoms with Crippen molar-refractivity contribution in [2.45, 2.75) is 19.3 Å². The van der Waals surface area contributed by atoms with Crippen LogP contribution in [-0.2, 0) is 6.42 Å². The maximum absolute atomic E-state index is 11.6. The van der Waals surface area contributed by atoms with E-state index in [1.807, 2.05) is 12.1 Å². The first kappa shape index (κ1) is 10.1. The predicted molar refractivity (Wildman–Crippen MR) is 62.5 cm³/mol. The molecule has 0 aliphatic heterocycles. The van der Waals surface area contributed by atoms with Gasteiger partial charge in [-0.15, -0.1) is 0 Å². The Kier molecular flexibility index (Phi) is 2.40. The summed E-state index contributed by atoms with van der Waals surface area (Å²) in [5.74, 6) is 0.827. The number of hydrogen-bond donors (Lipinski definition) is 0. The Hall–Kier alpha value is -2.10. The van der Waals surface area contributed by atoms with Crippen LogP contribution in [0.15, 0.2) is 30.7 Å². The molecule has 17 heavy (non-hydrogen) atoms. The minimum Gasteiger partial charge on any atom is -0.294 e. The second kappa shape index (κ2) is 4.05. The number of fused-ring (bicyclic) bond motifs is 1. The molecule has 0 N–H and O–H groups in total. The summed E-state index contributed by atoms with van der Waals surface area (Å²) in [6, 6.07) is 3.73. The second-order valence-electron chi connectivity index (χ2n) is 4.07. The third-order valence-electron chi connectivity index (χ3n) is 2.92. The van der Waals surface area contributed by atoms with Crippen molar-refractivity contribution in [1.82, 2.24) is 15.0 Å². The van der Waals surface area contributed by atoms with Gasteiger partial charge in [0.1, 0.15) is 0 Å². The van der Waals surface area contributed by atoms with Crippen molar-refractivity contribution in [3.05, 3.63) is 42.0 Å². The van der Waals surface area contributed by atoms with Crippen molar-refractivity contribution in [1.29, 1.82) is 0 Å².